The van der Waals surface area contributed by atoms with Crippen molar-refractivity contribution in [1.82, 2.24) is 24.4 Å². The van der Waals surface area contributed by atoms with E-state index in [4.69, 9.17) is 4.74 Å². The summed E-state index contributed by atoms with van der Waals surface area (Å²) in [6.45, 7) is 6.57. The number of methoxy groups -OCH3 is 1. The van der Waals surface area contributed by atoms with Gasteiger partial charge < -0.3 is 24.5 Å². The smallest absolute Gasteiger partial charge is 0.295 e. The first kappa shape index (κ1) is 33.9. The molecule has 0 radical (unpaired) electrons. The molecule has 2 N–H and O–H groups in total. The highest BCUT2D eigenvalue weighted by Crippen LogP contribution is 2.36. The first-order valence-electron chi connectivity index (χ1n) is 16.8. The maximum Gasteiger partial charge on any atom is 0.295 e. The second-order valence-electron chi connectivity index (χ2n) is 13.6. The van der Waals surface area contributed by atoms with E-state index in [1.807, 2.05) is 78.9 Å². The number of hydrogen-bond acceptors (Lipinski definition) is 7. The Morgan fingerprint density at radius 3 is 2.25 bits per heavy atom. The van der Waals surface area contributed by atoms with Crippen LogP contribution >= 0.6 is 0 Å². The van der Waals surface area contributed by atoms with Crippen LogP contribution in [0.5, 0.6) is 5.75 Å². The molecule has 0 fully saturated rings. The van der Waals surface area contributed by atoms with Crippen molar-refractivity contribution in [2.24, 2.45) is 0 Å². The number of nitrogens with zero attached hydrogens (tertiary/aromatic N) is 5. The molecule has 5 aromatic carbocycles. The minimum absolute atomic E-state index is 0.0405. The lowest BCUT2D eigenvalue weighted by atomic mass is 9.87. The van der Waals surface area contributed by atoms with Gasteiger partial charge >= 0.3 is 0 Å². The van der Waals surface area contributed by atoms with Crippen LogP contribution in [0.25, 0.3) is 32.8 Å². The molecule has 2 amide bonds. The molecular weight excluding hydrogens is 658 g/mol. The quantitative estimate of drug-likeness (QED) is 0.111. The molecule has 2 heterocycles. The molecule has 12 heteroatoms. The fraction of sp³-hybridized carbons (Fsp3) is 0.200. The van der Waals surface area contributed by atoms with Crippen molar-refractivity contribution >= 4 is 56.0 Å². The molecule has 7 aromatic rings. The SMILES string of the molecule is COc1cc(NC(=O)C(C(C(=O)NCc2ccc(C(C)(C)C)cc2)n2cnc3ccccc32)n2cnc3cccc([N+](=O)[O-])c32)cc2ccccc12. The van der Waals surface area contributed by atoms with Crippen LogP contribution in [-0.2, 0) is 21.5 Å². The number of hydrogen-bond donors (Lipinski definition) is 2. The summed E-state index contributed by atoms with van der Waals surface area (Å²) in [6.07, 6.45) is 2.88. The number of aromatic nitrogens is 4. The summed E-state index contributed by atoms with van der Waals surface area (Å²) in [5.74, 6) is -0.567. The average molecular weight is 696 g/mol. The number of nitro groups is 1. The summed E-state index contributed by atoms with van der Waals surface area (Å²) in [5, 5.41) is 20.1. The van der Waals surface area contributed by atoms with Crippen LogP contribution in [0.3, 0.4) is 0 Å². The van der Waals surface area contributed by atoms with Crippen LogP contribution in [0.2, 0.25) is 0 Å². The van der Waals surface area contributed by atoms with Crippen molar-refractivity contribution in [2.45, 2.75) is 44.8 Å². The van der Waals surface area contributed by atoms with E-state index in [1.165, 1.54) is 29.4 Å². The molecule has 12 nitrogen and oxygen atoms in total. The molecule has 2 atom stereocenters. The number of para-hydroxylation sites is 3. The van der Waals surface area contributed by atoms with E-state index in [0.717, 1.165) is 21.9 Å². The number of carbonyl (C=O) groups excluding carboxylic acids is 2. The Kier molecular flexibility index (Phi) is 8.89. The zero-order valence-electron chi connectivity index (χ0n) is 29.1. The van der Waals surface area contributed by atoms with Crippen molar-refractivity contribution in [2.75, 3.05) is 12.4 Å². The lowest BCUT2D eigenvalue weighted by Crippen LogP contribution is -2.42. The van der Waals surface area contributed by atoms with Crippen molar-refractivity contribution < 1.29 is 19.2 Å². The van der Waals surface area contributed by atoms with Gasteiger partial charge in [-0.05, 0) is 46.2 Å². The van der Waals surface area contributed by atoms with Gasteiger partial charge in [0.2, 0.25) is 11.8 Å². The maximum atomic E-state index is 14.9. The summed E-state index contributed by atoms with van der Waals surface area (Å²) >= 11 is 0. The molecule has 0 spiro atoms. The molecule has 262 valence electrons. The number of nitro benzene ring substituents is 1. The average Bonchev–Trinajstić information content (AvgIpc) is 3.76. The zero-order valence-corrected chi connectivity index (χ0v) is 29.1. The number of anilines is 1. The van der Waals surface area contributed by atoms with Gasteiger partial charge in [0.25, 0.3) is 5.69 Å². The van der Waals surface area contributed by atoms with Crippen LogP contribution < -0.4 is 15.4 Å². The molecular formula is C40H37N7O5. The Labute approximate surface area is 299 Å². The Balaban J connectivity index is 1.37. The van der Waals surface area contributed by atoms with Crippen molar-refractivity contribution in [3.8, 4) is 5.75 Å². The fourth-order valence-electron chi connectivity index (χ4n) is 6.62. The summed E-state index contributed by atoms with van der Waals surface area (Å²) in [7, 11) is 1.55. The molecule has 0 saturated carbocycles. The van der Waals surface area contributed by atoms with Crippen molar-refractivity contribution in [1.29, 1.82) is 0 Å². The Morgan fingerprint density at radius 1 is 0.827 bits per heavy atom. The van der Waals surface area contributed by atoms with Crippen molar-refractivity contribution in [3.05, 3.63) is 137 Å². The third-order valence-electron chi connectivity index (χ3n) is 9.28. The number of imidazole rings is 2. The van der Waals surface area contributed by atoms with Crippen LogP contribution in [0.4, 0.5) is 11.4 Å². The molecule has 2 aromatic heterocycles. The van der Waals surface area contributed by atoms with E-state index in [9.17, 15) is 19.7 Å². The van der Waals surface area contributed by atoms with Crippen molar-refractivity contribution in [3.63, 3.8) is 0 Å². The summed E-state index contributed by atoms with van der Waals surface area (Å²) in [4.78, 5) is 50.4. The van der Waals surface area contributed by atoms with Crippen LogP contribution in [0.1, 0.15) is 44.0 Å². The highest BCUT2D eigenvalue weighted by atomic mass is 16.6. The number of ether oxygens (including phenoxy) is 1. The lowest BCUT2D eigenvalue weighted by Gasteiger charge is -2.29. The second kappa shape index (κ2) is 13.6. The van der Waals surface area contributed by atoms with Gasteiger partial charge in [-0.25, -0.2) is 9.97 Å². The Morgan fingerprint density at radius 2 is 1.50 bits per heavy atom. The summed E-state index contributed by atoms with van der Waals surface area (Å²) < 4.78 is 8.71. The summed E-state index contributed by atoms with van der Waals surface area (Å²) in [6, 6.07) is 28.2. The predicted octanol–water partition coefficient (Wildman–Crippen LogP) is 7.49. The normalized spacial score (nSPS) is 12.8. The van der Waals surface area contributed by atoms with E-state index in [2.05, 4.69) is 41.4 Å². The number of nitrogens with one attached hydrogen (secondary N) is 2. The van der Waals surface area contributed by atoms with Gasteiger partial charge in [0.15, 0.2) is 0 Å². The largest absolute Gasteiger partial charge is 0.496 e. The zero-order chi connectivity index (χ0) is 36.6. The van der Waals surface area contributed by atoms with E-state index < -0.39 is 28.8 Å². The minimum Gasteiger partial charge on any atom is -0.496 e. The molecule has 0 bridgehead atoms. The van der Waals surface area contributed by atoms with Gasteiger partial charge in [-0.1, -0.05) is 87.5 Å². The van der Waals surface area contributed by atoms with Crippen LogP contribution in [0, 0.1) is 10.1 Å². The molecule has 0 aliphatic heterocycles. The summed E-state index contributed by atoms with van der Waals surface area (Å²) in [5.41, 5.74) is 3.74. The number of non-ortho nitro benzene ring substituents is 1. The van der Waals surface area contributed by atoms with Crippen LogP contribution in [-0.4, -0.2) is 42.9 Å². The topological polar surface area (TPSA) is 146 Å². The third kappa shape index (κ3) is 6.41. The predicted molar refractivity (Wildman–Crippen MR) is 200 cm³/mol. The minimum atomic E-state index is -1.38. The van der Waals surface area contributed by atoms with E-state index in [1.54, 1.807) is 23.8 Å². The molecule has 7 rings (SSSR count). The standard InChI is InChI=1S/C40H37N7O5/c1-40(2,3)27-18-16-25(17-19-27)22-41-38(48)36(45-23-42-30-12-7-8-14-32(30)45)37(46-24-43-31-13-9-15-33(35(31)46)47(50)51)39(49)44-28-20-26-10-5-6-11-29(26)34(21-28)52-4/h5-21,23-24,36-37H,22H2,1-4H3,(H,41,48)(H,44,49). The fourth-order valence-corrected chi connectivity index (χ4v) is 6.62. The molecule has 0 aliphatic rings. The molecule has 0 saturated heterocycles. The van der Waals surface area contributed by atoms with Gasteiger partial charge in [-0.3, -0.25) is 19.7 Å². The van der Waals surface area contributed by atoms with Gasteiger partial charge in [-0.2, -0.15) is 0 Å². The van der Waals surface area contributed by atoms with E-state index in [0.29, 0.717) is 28.0 Å². The highest BCUT2D eigenvalue weighted by Gasteiger charge is 2.40. The number of carbonyl (C=O) groups is 2. The second-order valence-corrected chi connectivity index (χ2v) is 13.6. The lowest BCUT2D eigenvalue weighted by molar-refractivity contribution is -0.383. The Hall–Kier alpha value is -6.56. The maximum absolute atomic E-state index is 14.9. The van der Waals surface area contributed by atoms with Crippen LogP contribution in [0.15, 0.2) is 116 Å². The number of amides is 2. The van der Waals surface area contributed by atoms with Gasteiger partial charge in [0.1, 0.15) is 23.3 Å². The third-order valence-corrected chi connectivity index (χ3v) is 9.28. The van der Waals surface area contributed by atoms with Gasteiger partial charge in [0, 0.05) is 29.8 Å². The van der Waals surface area contributed by atoms with E-state index >= 15 is 0 Å². The first-order valence-corrected chi connectivity index (χ1v) is 16.8. The number of fused-ring (bicyclic) bond motifs is 3. The monoisotopic (exact) mass is 695 g/mol. The van der Waals surface area contributed by atoms with Gasteiger partial charge in [0.05, 0.1) is 41.2 Å². The number of rotatable bonds is 10. The molecule has 0 aliphatic carbocycles. The first-order chi connectivity index (χ1) is 25.0. The number of benzene rings is 5. The van der Waals surface area contributed by atoms with E-state index in [-0.39, 0.29) is 23.2 Å². The van der Waals surface area contributed by atoms with Gasteiger partial charge in [-0.15, -0.1) is 0 Å². The highest BCUT2D eigenvalue weighted by molar-refractivity contribution is 6.02. The molecule has 52 heavy (non-hydrogen) atoms. The Bertz CT molecular complexity index is 2460. The molecule has 2 unspecified atom stereocenters.